The quantitative estimate of drug-likeness (QED) is 0.564. The summed E-state index contributed by atoms with van der Waals surface area (Å²) < 4.78 is 0. The Hall–Kier alpha value is -3.45. The summed E-state index contributed by atoms with van der Waals surface area (Å²) in [5, 5.41) is 3.71. The van der Waals surface area contributed by atoms with Crippen molar-refractivity contribution in [3.05, 3.63) is 87.8 Å². The van der Waals surface area contributed by atoms with Gasteiger partial charge in [0.2, 0.25) is 5.91 Å². The number of nitrogens with zero attached hydrogens (tertiary/aromatic N) is 3. The van der Waals surface area contributed by atoms with Gasteiger partial charge in [-0.15, -0.1) is 0 Å². The molecule has 1 heterocycles. The van der Waals surface area contributed by atoms with Crippen LogP contribution in [0, 0.1) is 0 Å². The first-order valence-electron chi connectivity index (χ1n) is 9.74. The normalized spacial score (nSPS) is 10.5. The van der Waals surface area contributed by atoms with Gasteiger partial charge in [0.05, 0.1) is 12.0 Å². The molecule has 0 saturated heterocycles. The van der Waals surface area contributed by atoms with E-state index in [1.807, 2.05) is 42.5 Å². The molecule has 0 saturated carbocycles. The number of nitrogens with two attached hydrogens (primary N) is 1. The molecule has 3 rings (SSSR count). The summed E-state index contributed by atoms with van der Waals surface area (Å²) in [4.78, 5) is 34.2. The largest absolute Gasteiger partial charge is 0.365 e. The molecule has 3 aromatic rings. The molecule has 31 heavy (non-hydrogen) atoms. The van der Waals surface area contributed by atoms with E-state index < -0.39 is 5.91 Å². The van der Waals surface area contributed by atoms with Crippen LogP contribution in [0.15, 0.2) is 54.7 Å². The highest BCUT2D eigenvalue weighted by Gasteiger charge is 2.14. The second kappa shape index (κ2) is 10.0. The van der Waals surface area contributed by atoms with Crippen molar-refractivity contribution in [3.8, 4) is 0 Å². The number of carbonyl (C=O) groups excluding carboxylic acids is 2. The average molecular weight is 438 g/mol. The molecule has 0 aliphatic carbocycles. The lowest BCUT2D eigenvalue weighted by Crippen LogP contribution is -2.23. The van der Waals surface area contributed by atoms with Crippen LogP contribution in [0.2, 0.25) is 5.02 Å². The van der Waals surface area contributed by atoms with Crippen molar-refractivity contribution in [1.82, 2.24) is 14.9 Å². The van der Waals surface area contributed by atoms with Gasteiger partial charge in [-0.25, -0.2) is 9.97 Å². The fourth-order valence-corrected chi connectivity index (χ4v) is 3.16. The molecule has 0 radical (unpaired) electrons. The highest BCUT2D eigenvalue weighted by molar-refractivity contribution is 6.31. The Bertz CT molecular complexity index is 1090. The van der Waals surface area contributed by atoms with Crippen molar-refractivity contribution in [3.63, 3.8) is 0 Å². The molecule has 0 spiro atoms. The molecule has 7 nitrogen and oxygen atoms in total. The third kappa shape index (κ3) is 6.02. The highest BCUT2D eigenvalue weighted by atomic mass is 35.5. The Morgan fingerprint density at radius 1 is 1.10 bits per heavy atom. The number of hydrogen-bond donors (Lipinski definition) is 2. The number of rotatable bonds is 8. The van der Waals surface area contributed by atoms with E-state index in [0.717, 1.165) is 16.7 Å². The zero-order valence-electron chi connectivity index (χ0n) is 17.4. The molecular formula is C23H24ClN5O2. The zero-order chi connectivity index (χ0) is 22.4. The predicted octanol–water partition coefficient (Wildman–Crippen LogP) is 3.06. The average Bonchev–Trinajstić information content (AvgIpc) is 2.75. The van der Waals surface area contributed by atoms with Crippen LogP contribution < -0.4 is 11.1 Å². The molecule has 1 aromatic heterocycles. The van der Waals surface area contributed by atoms with Crippen molar-refractivity contribution in [1.29, 1.82) is 0 Å². The van der Waals surface area contributed by atoms with Gasteiger partial charge in [-0.3, -0.25) is 9.59 Å². The van der Waals surface area contributed by atoms with E-state index in [9.17, 15) is 9.59 Å². The summed E-state index contributed by atoms with van der Waals surface area (Å²) in [7, 11) is 3.41. The van der Waals surface area contributed by atoms with Crippen molar-refractivity contribution in [2.75, 3.05) is 19.4 Å². The van der Waals surface area contributed by atoms with E-state index in [4.69, 9.17) is 17.3 Å². The Labute approximate surface area is 186 Å². The number of aromatic nitrogens is 2. The number of anilines is 1. The van der Waals surface area contributed by atoms with Gasteiger partial charge in [-0.2, -0.15) is 0 Å². The van der Waals surface area contributed by atoms with Crippen LogP contribution in [0.1, 0.15) is 32.9 Å². The maximum atomic E-state index is 12.1. The lowest BCUT2D eigenvalue weighted by molar-refractivity contribution is -0.127. The SMILES string of the molecule is CN(C)C(=O)Cc1cc(Cc2ncc(C(N)=O)c(NCc3ccccc3)n2)ccc1Cl. The number of carbonyl (C=O) groups is 2. The molecular weight excluding hydrogens is 414 g/mol. The lowest BCUT2D eigenvalue weighted by atomic mass is 10.0. The lowest BCUT2D eigenvalue weighted by Gasteiger charge is -2.13. The van der Waals surface area contributed by atoms with E-state index in [0.29, 0.717) is 29.6 Å². The molecule has 160 valence electrons. The van der Waals surface area contributed by atoms with Crippen LogP contribution >= 0.6 is 11.6 Å². The number of halogens is 1. The molecule has 0 atom stereocenters. The summed E-state index contributed by atoms with van der Waals surface area (Å²) in [5.74, 6) is 0.276. The van der Waals surface area contributed by atoms with Crippen LogP contribution in [0.5, 0.6) is 0 Å². The molecule has 2 amide bonds. The highest BCUT2D eigenvalue weighted by Crippen LogP contribution is 2.21. The van der Waals surface area contributed by atoms with Crippen LogP contribution in [-0.2, 0) is 24.2 Å². The topological polar surface area (TPSA) is 101 Å². The standard InChI is InChI=1S/C23H24ClN5O2/c1-29(2)21(30)12-17-10-16(8-9-19(17)24)11-20-26-14-18(22(25)31)23(28-20)27-13-15-6-4-3-5-7-15/h3-10,14H,11-13H2,1-2H3,(H2,25,31)(H,26,27,28). The van der Waals surface area contributed by atoms with Gasteiger partial charge in [0, 0.05) is 38.3 Å². The minimum atomic E-state index is -0.599. The van der Waals surface area contributed by atoms with E-state index >= 15 is 0 Å². The number of nitrogens with one attached hydrogen (secondary N) is 1. The fourth-order valence-electron chi connectivity index (χ4n) is 2.98. The van der Waals surface area contributed by atoms with Crippen molar-refractivity contribution < 1.29 is 9.59 Å². The maximum Gasteiger partial charge on any atom is 0.254 e. The first kappa shape index (κ1) is 22.2. The summed E-state index contributed by atoms with van der Waals surface area (Å²) >= 11 is 6.26. The van der Waals surface area contributed by atoms with Gasteiger partial charge in [-0.05, 0) is 22.8 Å². The van der Waals surface area contributed by atoms with Gasteiger partial charge in [-0.1, -0.05) is 54.1 Å². The van der Waals surface area contributed by atoms with Gasteiger partial charge in [0.25, 0.3) is 5.91 Å². The van der Waals surface area contributed by atoms with E-state index in [1.165, 1.54) is 11.1 Å². The smallest absolute Gasteiger partial charge is 0.254 e. The Morgan fingerprint density at radius 3 is 2.52 bits per heavy atom. The molecule has 0 unspecified atom stereocenters. The van der Waals surface area contributed by atoms with E-state index in [-0.39, 0.29) is 17.9 Å². The van der Waals surface area contributed by atoms with E-state index in [2.05, 4.69) is 15.3 Å². The number of likely N-dealkylation sites (N-methyl/N-ethyl adjacent to an activating group) is 1. The number of hydrogen-bond acceptors (Lipinski definition) is 5. The number of primary amides is 1. The second-order valence-electron chi connectivity index (χ2n) is 7.32. The van der Waals surface area contributed by atoms with Crippen LogP contribution in [-0.4, -0.2) is 40.8 Å². The fraction of sp³-hybridized carbons (Fsp3) is 0.217. The summed E-state index contributed by atoms with van der Waals surface area (Å²) in [6, 6.07) is 15.3. The molecule has 0 fully saturated rings. The Balaban J connectivity index is 1.81. The van der Waals surface area contributed by atoms with E-state index in [1.54, 1.807) is 20.2 Å². The van der Waals surface area contributed by atoms with Crippen molar-refractivity contribution in [2.24, 2.45) is 5.73 Å². The monoisotopic (exact) mass is 437 g/mol. The zero-order valence-corrected chi connectivity index (χ0v) is 18.2. The van der Waals surface area contributed by atoms with Gasteiger partial charge in [0.1, 0.15) is 11.6 Å². The van der Waals surface area contributed by atoms with Gasteiger partial charge < -0.3 is 16.0 Å². The summed E-state index contributed by atoms with van der Waals surface area (Å²) in [6.07, 6.45) is 2.06. The molecule has 8 heteroatoms. The molecule has 2 aromatic carbocycles. The van der Waals surface area contributed by atoms with Crippen molar-refractivity contribution in [2.45, 2.75) is 19.4 Å². The maximum absolute atomic E-state index is 12.1. The Kier molecular flexibility index (Phi) is 7.20. The molecule has 0 bridgehead atoms. The Morgan fingerprint density at radius 2 is 1.84 bits per heavy atom. The minimum absolute atomic E-state index is 0.0338. The predicted molar refractivity (Wildman–Crippen MR) is 121 cm³/mol. The van der Waals surface area contributed by atoms with Gasteiger partial charge in [0.15, 0.2) is 0 Å². The van der Waals surface area contributed by atoms with Crippen molar-refractivity contribution >= 4 is 29.2 Å². The third-order valence-electron chi connectivity index (χ3n) is 4.72. The first-order valence-corrected chi connectivity index (χ1v) is 10.1. The molecule has 3 N–H and O–H groups in total. The minimum Gasteiger partial charge on any atom is -0.365 e. The molecule has 0 aliphatic heterocycles. The molecule has 0 aliphatic rings. The second-order valence-corrected chi connectivity index (χ2v) is 7.73. The first-order chi connectivity index (χ1) is 14.8. The summed E-state index contributed by atoms with van der Waals surface area (Å²) in [6.45, 7) is 0.495. The third-order valence-corrected chi connectivity index (χ3v) is 5.09. The van der Waals surface area contributed by atoms with Crippen LogP contribution in [0.25, 0.3) is 0 Å². The number of amides is 2. The van der Waals surface area contributed by atoms with Crippen LogP contribution in [0.3, 0.4) is 0 Å². The summed E-state index contributed by atoms with van der Waals surface area (Å²) in [5.41, 5.74) is 8.41. The van der Waals surface area contributed by atoms with Crippen LogP contribution in [0.4, 0.5) is 5.82 Å². The number of benzene rings is 2. The van der Waals surface area contributed by atoms with Gasteiger partial charge >= 0.3 is 0 Å².